The van der Waals surface area contributed by atoms with E-state index in [2.05, 4.69) is 25.8 Å². The minimum atomic E-state index is -1.18. The van der Waals surface area contributed by atoms with Crippen molar-refractivity contribution in [2.24, 2.45) is 5.41 Å². The van der Waals surface area contributed by atoms with E-state index in [1.54, 1.807) is 12.4 Å². The highest BCUT2D eigenvalue weighted by Crippen LogP contribution is 2.52. The summed E-state index contributed by atoms with van der Waals surface area (Å²) in [5.41, 5.74) is 9.99. The van der Waals surface area contributed by atoms with E-state index in [4.69, 9.17) is 27.3 Å². The molecule has 1 fully saturated rings. The van der Waals surface area contributed by atoms with Crippen molar-refractivity contribution in [2.75, 3.05) is 23.7 Å². The molecule has 2 aliphatic rings. The molecule has 2 atom stereocenters. The van der Waals surface area contributed by atoms with Crippen LogP contribution in [-0.2, 0) is 17.8 Å². The first-order valence-corrected chi connectivity index (χ1v) is 15.7. The average Bonchev–Trinajstić information content (AvgIpc) is 3.52. The summed E-state index contributed by atoms with van der Waals surface area (Å²) in [6.07, 6.45) is 8.08. The van der Waals surface area contributed by atoms with Crippen LogP contribution in [0.2, 0.25) is 5.02 Å². The van der Waals surface area contributed by atoms with Gasteiger partial charge < -0.3 is 15.2 Å². The molecule has 5 heterocycles. The second-order valence-corrected chi connectivity index (χ2v) is 15.0. The summed E-state index contributed by atoms with van der Waals surface area (Å²) in [5, 5.41) is 5.95. The van der Waals surface area contributed by atoms with E-state index in [1.165, 1.54) is 17.3 Å². The van der Waals surface area contributed by atoms with Crippen molar-refractivity contribution in [2.45, 2.75) is 67.7 Å². The third-order valence-electron chi connectivity index (χ3n) is 7.94. The van der Waals surface area contributed by atoms with Crippen molar-refractivity contribution < 1.29 is 4.55 Å². The van der Waals surface area contributed by atoms with Gasteiger partial charge in [0, 0.05) is 52.8 Å². The molecule has 6 rings (SSSR count). The molecule has 4 aromatic heterocycles. The number of hydrogen-bond acceptors (Lipinski definition) is 9. The number of halogens is 1. The highest BCUT2D eigenvalue weighted by atomic mass is 35.5. The Hall–Kier alpha value is -2.57. The molecule has 1 spiro atoms. The van der Waals surface area contributed by atoms with Crippen LogP contribution >= 0.6 is 23.4 Å². The highest BCUT2D eigenvalue weighted by Gasteiger charge is 2.51. The molecule has 40 heavy (non-hydrogen) atoms. The largest absolute Gasteiger partial charge is 0.598 e. The maximum absolute atomic E-state index is 13.2. The van der Waals surface area contributed by atoms with E-state index < -0.39 is 11.4 Å². The molecule has 12 heteroatoms. The number of pyridine rings is 2. The Labute approximate surface area is 246 Å². The summed E-state index contributed by atoms with van der Waals surface area (Å²) >= 11 is 6.74. The molecule has 1 aliphatic heterocycles. The first-order valence-electron chi connectivity index (χ1n) is 13.4. The van der Waals surface area contributed by atoms with Crippen molar-refractivity contribution in [3.63, 3.8) is 0 Å². The summed E-state index contributed by atoms with van der Waals surface area (Å²) < 4.78 is 18.3. The number of nitrogen functional groups attached to an aromatic ring is 1. The number of aromatic nitrogens is 5. The molecule has 0 aromatic carbocycles. The molecule has 0 bridgehead atoms. The van der Waals surface area contributed by atoms with Crippen LogP contribution in [0.15, 0.2) is 52.8 Å². The van der Waals surface area contributed by atoms with Crippen LogP contribution in [0.1, 0.15) is 56.6 Å². The van der Waals surface area contributed by atoms with Gasteiger partial charge in [0.15, 0.2) is 5.82 Å². The number of rotatable bonds is 5. The van der Waals surface area contributed by atoms with Gasteiger partial charge in [0.2, 0.25) is 0 Å². The fourth-order valence-electron chi connectivity index (χ4n) is 5.75. The summed E-state index contributed by atoms with van der Waals surface area (Å²) in [7, 11) is 0. The maximum atomic E-state index is 13.2. The van der Waals surface area contributed by atoms with Crippen LogP contribution in [0.5, 0.6) is 0 Å². The molecule has 0 unspecified atom stereocenters. The third-order valence-corrected chi connectivity index (χ3v) is 11.2. The summed E-state index contributed by atoms with van der Waals surface area (Å²) in [6, 6.07) is 7.98. The number of anilines is 2. The van der Waals surface area contributed by atoms with Gasteiger partial charge in [-0.2, -0.15) is 5.10 Å². The number of nitrogens with zero attached hydrogens (tertiary/aromatic N) is 6. The summed E-state index contributed by atoms with van der Waals surface area (Å²) in [4.78, 5) is 17.0. The van der Waals surface area contributed by atoms with Crippen LogP contribution in [0.25, 0.3) is 5.52 Å². The van der Waals surface area contributed by atoms with Crippen LogP contribution in [0, 0.1) is 12.3 Å². The second kappa shape index (κ2) is 10.4. The van der Waals surface area contributed by atoms with Crippen LogP contribution in [0.4, 0.5) is 11.6 Å². The Morgan fingerprint density at radius 2 is 1.93 bits per heavy atom. The van der Waals surface area contributed by atoms with Gasteiger partial charge in [-0.1, -0.05) is 29.4 Å². The van der Waals surface area contributed by atoms with Crippen molar-refractivity contribution in [1.82, 2.24) is 29.3 Å². The second-order valence-electron chi connectivity index (χ2n) is 11.6. The van der Waals surface area contributed by atoms with E-state index in [-0.39, 0.29) is 16.2 Å². The van der Waals surface area contributed by atoms with E-state index in [0.717, 1.165) is 65.0 Å². The minimum Gasteiger partial charge on any atom is -0.598 e. The average molecular weight is 597 g/mol. The summed E-state index contributed by atoms with van der Waals surface area (Å²) in [6.45, 7) is 9.69. The Kier molecular flexibility index (Phi) is 7.15. The lowest BCUT2D eigenvalue weighted by Crippen LogP contribution is -2.50. The number of nitrogens with one attached hydrogen (secondary N) is 1. The molecule has 1 aliphatic carbocycles. The minimum absolute atomic E-state index is 0.000544. The Morgan fingerprint density at radius 1 is 1.15 bits per heavy atom. The smallest absolute Gasteiger partial charge is 0.155 e. The molecule has 1 saturated heterocycles. The van der Waals surface area contributed by atoms with E-state index >= 15 is 0 Å². The zero-order valence-corrected chi connectivity index (χ0v) is 25.4. The molecular formula is C28H33ClN8OS2. The molecule has 9 nitrogen and oxygen atoms in total. The first kappa shape index (κ1) is 27.6. The normalized spacial score (nSPS) is 19.4. The Bertz CT molecular complexity index is 1560. The van der Waals surface area contributed by atoms with Gasteiger partial charge in [0.1, 0.15) is 21.1 Å². The quantitative estimate of drug-likeness (QED) is 0.301. The van der Waals surface area contributed by atoms with Crippen molar-refractivity contribution in [1.29, 1.82) is 0 Å². The van der Waals surface area contributed by atoms with Crippen LogP contribution in [0.3, 0.4) is 0 Å². The Morgan fingerprint density at radius 3 is 2.67 bits per heavy atom. The fourth-order valence-corrected chi connectivity index (χ4v) is 7.88. The predicted molar refractivity (Wildman–Crippen MR) is 161 cm³/mol. The summed E-state index contributed by atoms with van der Waals surface area (Å²) in [5.74, 6) is 1.22. The zero-order chi connectivity index (χ0) is 28.2. The van der Waals surface area contributed by atoms with Crippen molar-refractivity contribution >= 4 is 51.9 Å². The van der Waals surface area contributed by atoms with Crippen molar-refractivity contribution in [3.8, 4) is 0 Å². The first-order chi connectivity index (χ1) is 19.1. The predicted octanol–water partition coefficient (Wildman–Crippen LogP) is 5.15. The molecule has 3 N–H and O–H groups in total. The molecular weight excluding hydrogens is 564 g/mol. The third kappa shape index (κ3) is 4.81. The number of piperidine rings is 1. The van der Waals surface area contributed by atoms with Gasteiger partial charge in [0.05, 0.1) is 23.0 Å². The lowest BCUT2D eigenvalue weighted by atomic mass is 9.73. The number of aryl methyl sites for hydroxylation is 1. The maximum Gasteiger partial charge on any atom is 0.155 e. The standard InChI is InChI=1S/C28H33ClN8OS2/c1-17-26(39-21-8-12-32-24(30)22(21)29)37-20(7-13-33-37)25(34-17)36-14-9-28(10-15-36)16-19-18(6-5-11-31-19)23(28)35-40(38)27(2,3)4/h5-8,11-13,23,35H,9-10,14-16H2,1-4H3,(H2,30,32)/t23-,40-/m1/s1. The lowest BCUT2D eigenvalue weighted by Gasteiger charge is -2.44. The number of nitrogens with two attached hydrogens (primary N) is 1. The molecule has 0 saturated carbocycles. The van der Waals surface area contributed by atoms with E-state index in [1.807, 2.05) is 56.6 Å². The number of hydrogen-bond donors (Lipinski definition) is 2. The topological polar surface area (TPSA) is 120 Å². The molecule has 0 radical (unpaired) electrons. The van der Waals surface area contributed by atoms with Gasteiger partial charge >= 0.3 is 0 Å². The lowest BCUT2D eigenvalue weighted by molar-refractivity contribution is 0.175. The van der Waals surface area contributed by atoms with Gasteiger partial charge in [-0.15, -0.1) is 4.72 Å². The van der Waals surface area contributed by atoms with Crippen LogP contribution in [-0.4, -0.2) is 47.0 Å². The zero-order valence-electron chi connectivity index (χ0n) is 23.0. The van der Waals surface area contributed by atoms with Gasteiger partial charge in [-0.3, -0.25) is 4.98 Å². The molecule has 210 valence electrons. The molecule has 4 aromatic rings. The number of fused-ring (bicyclic) bond motifs is 2. The monoisotopic (exact) mass is 596 g/mol. The molecule has 0 amide bonds. The van der Waals surface area contributed by atoms with Crippen LogP contribution < -0.4 is 15.4 Å². The van der Waals surface area contributed by atoms with Gasteiger partial charge in [-0.05, 0) is 70.7 Å². The fraction of sp³-hybridized carbons (Fsp3) is 0.429. The highest BCUT2D eigenvalue weighted by molar-refractivity contribution is 7.99. The van der Waals surface area contributed by atoms with Crippen molar-refractivity contribution in [3.05, 3.63) is 64.8 Å². The van der Waals surface area contributed by atoms with Gasteiger partial charge in [0.25, 0.3) is 0 Å². The Balaban J connectivity index is 1.28. The van der Waals surface area contributed by atoms with E-state index in [9.17, 15) is 4.55 Å². The SMILES string of the molecule is Cc1nc(N2CCC3(CC2)Cc2ncccc2[C@H]3N[S@+]([O-])C(C)(C)C)c2ccnn2c1Sc1ccnc(N)c1Cl. The van der Waals surface area contributed by atoms with Gasteiger partial charge in [-0.25, -0.2) is 14.5 Å². The van der Waals surface area contributed by atoms with E-state index in [0.29, 0.717) is 10.8 Å².